The van der Waals surface area contributed by atoms with Gasteiger partial charge in [-0.05, 0) is 66.9 Å². The summed E-state index contributed by atoms with van der Waals surface area (Å²) >= 11 is 0. The third-order valence-electron chi connectivity index (χ3n) is 6.94. The molecule has 4 rings (SSSR count). The zero-order valence-electron chi connectivity index (χ0n) is 21.2. The fourth-order valence-corrected chi connectivity index (χ4v) is 4.97. The SMILES string of the molecule is C=C1/C(=C\N=C(/C)N(CCC)CCCCCn2ccnc2)CC(c2ccccc2)c2ccccc21. The molecule has 1 aromatic heterocycles. The number of amidine groups is 1. The molecule has 35 heavy (non-hydrogen) atoms. The Morgan fingerprint density at radius 2 is 1.89 bits per heavy atom. The van der Waals surface area contributed by atoms with E-state index in [4.69, 9.17) is 4.99 Å². The highest BCUT2D eigenvalue weighted by molar-refractivity contribution is 5.84. The van der Waals surface area contributed by atoms with E-state index in [2.05, 4.69) is 95.7 Å². The van der Waals surface area contributed by atoms with Gasteiger partial charge in [0.05, 0.1) is 6.33 Å². The second-order valence-corrected chi connectivity index (χ2v) is 9.41. The predicted molar refractivity (Wildman–Crippen MR) is 148 cm³/mol. The number of nitrogens with zero attached hydrogens (tertiary/aromatic N) is 4. The van der Waals surface area contributed by atoms with E-state index in [1.54, 1.807) is 0 Å². The molecule has 0 aliphatic heterocycles. The zero-order chi connectivity index (χ0) is 24.5. The van der Waals surface area contributed by atoms with Crippen molar-refractivity contribution in [3.05, 3.63) is 108 Å². The first kappa shape index (κ1) is 24.7. The number of hydrogen-bond donors (Lipinski definition) is 0. The molecule has 0 radical (unpaired) electrons. The molecule has 0 spiro atoms. The average molecular weight is 467 g/mol. The van der Waals surface area contributed by atoms with E-state index in [-0.39, 0.29) is 0 Å². The van der Waals surface area contributed by atoms with Gasteiger partial charge in [-0.3, -0.25) is 0 Å². The van der Waals surface area contributed by atoms with Gasteiger partial charge < -0.3 is 9.47 Å². The van der Waals surface area contributed by atoms with E-state index >= 15 is 0 Å². The molecule has 1 unspecified atom stereocenters. The number of aryl methyl sites for hydroxylation is 1. The minimum absolute atomic E-state index is 0.335. The summed E-state index contributed by atoms with van der Waals surface area (Å²) in [4.78, 5) is 11.5. The van der Waals surface area contributed by atoms with Crippen molar-refractivity contribution in [2.45, 2.75) is 58.4 Å². The van der Waals surface area contributed by atoms with E-state index in [9.17, 15) is 0 Å². The largest absolute Gasteiger partial charge is 0.360 e. The minimum Gasteiger partial charge on any atom is -0.360 e. The normalized spacial score (nSPS) is 17.0. The summed E-state index contributed by atoms with van der Waals surface area (Å²) in [6, 6.07) is 19.5. The number of benzene rings is 2. The summed E-state index contributed by atoms with van der Waals surface area (Å²) in [6.45, 7) is 12.0. The third-order valence-corrected chi connectivity index (χ3v) is 6.94. The van der Waals surface area contributed by atoms with Crippen LogP contribution in [-0.4, -0.2) is 33.4 Å². The molecule has 4 nitrogen and oxygen atoms in total. The molecule has 0 saturated heterocycles. The van der Waals surface area contributed by atoms with Crippen LogP contribution in [0.3, 0.4) is 0 Å². The van der Waals surface area contributed by atoms with Gasteiger partial charge in [-0.1, -0.05) is 68.1 Å². The number of aromatic nitrogens is 2. The summed E-state index contributed by atoms with van der Waals surface area (Å²) in [7, 11) is 0. The van der Waals surface area contributed by atoms with Crippen LogP contribution in [0.2, 0.25) is 0 Å². The van der Waals surface area contributed by atoms with Crippen LogP contribution in [0.15, 0.2) is 96.7 Å². The average Bonchev–Trinajstić information content (AvgIpc) is 3.41. The Labute approximate surface area is 210 Å². The zero-order valence-corrected chi connectivity index (χ0v) is 21.2. The van der Waals surface area contributed by atoms with Gasteiger partial charge in [0.15, 0.2) is 0 Å². The van der Waals surface area contributed by atoms with Crippen LogP contribution in [-0.2, 0) is 6.54 Å². The lowest BCUT2D eigenvalue weighted by atomic mass is 9.75. The first-order valence-electron chi connectivity index (χ1n) is 12.9. The monoisotopic (exact) mass is 466 g/mol. The maximum atomic E-state index is 4.97. The molecule has 1 aliphatic rings. The summed E-state index contributed by atoms with van der Waals surface area (Å²) in [5.41, 5.74) is 6.29. The van der Waals surface area contributed by atoms with Crippen molar-refractivity contribution >= 4 is 11.4 Å². The molecular weight excluding hydrogens is 428 g/mol. The molecule has 182 valence electrons. The molecule has 1 atom stereocenters. The molecule has 0 fully saturated rings. The minimum atomic E-state index is 0.335. The van der Waals surface area contributed by atoms with Crippen LogP contribution in [0, 0.1) is 0 Å². The Morgan fingerprint density at radius 1 is 1.09 bits per heavy atom. The number of fused-ring (bicyclic) bond motifs is 1. The Morgan fingerprint density at radius 3 is 2.66 bits per heavy atom. The lowest BCUT2D eigenvalue weighted by Gasteiger charge is -2.29. The molecule has 3 aromatic rings. The summed E-state index contributed by atoms with van der Waals surface area (Å²) in [5, 5.41) is 0. The smallest absolute Gasteiger partial charge is 0.101 e. The van der Waals surface area contributed by atoms with E-state index in [1.165, 1.54) is 41.5 Å². The Balaban J connectivity index is 1.44. The van der Waals surface area contributed by atoms with Gasteiger partial charge in [0.2, 0.25) is 0 Å². The second kappa shape index (κ2) is 12.3. The lowest BCUT2D eigenvalue weighted by molar-refractivity contribution is 0.395. The van der Waals surface area contributed by atoms with Gasteiger partial charge in [0.25, 0.3) is 0 Å². The summed E-state index contributed by atoms with van der Waals surface area (Å²) in [6.07, 6.45) is 13.5. The molecule has 1 aliphatic carbocycles. The lowest BCUT2D eigenvalue weighted by Crippen LogP contribution is -2.30. The first-order chi connectivity index (χ1) is 17.2. The van der Waals surface area contributed by atoms with E-state index in [0.717, 1.165) is 43.9 Å². The van der Waals surface area contributed by atoms with Crippen molar-refractivity contribution in [3.8, 4) is 0 Å². The summed E-state index contributed by atoms with van der Waals surface area (Å²) in [5.74, 6) is 1.43. The molecule has 0 amide bonds. The first-order valence-corrected chi connectivity index (χ1v) is 12.9. The topological polar surface area (TPSA) is 33.4 Å². The van der Waals surface area contributed by atoms with Gasteiger partial charge in [-0.25, -0.2) is 9.98 Å². The molecular formula is C31H38N4. The number of allylic oxidation sites excluding steroid dienone is 2. The van der Waals surface area contributed by atoms with E-state index < -0.39 is 0 Å². The summed E-state index contributed by atoms with van der Waals surface area (Å²) < 4.78 is 2.15. The molecule has 0 bridgehead atoms. The Kier molecular flexibility index (Phi) is 8.72. The van der Waals surface area contributed by atoms with Crippen LogP contribution in [0.4, 0.5) is 0 Å². The number of rotatable bonds is 10. The van der Waals surface area contributed by atoms with Crippen molar-refractivity contribution in [2.75, 3.05) is 13.1 Å². The Bertz CT molecular complexity index is 1140. The van der Waals surface area contributed by atoms with Crippen molar-refractivity contribution in [1.82, 2.24) is 14.5 Å². The molecule has 2 aromatic carbocycles. The van der Waals surface area contributed by atoms with Crippen LogP contribution in [0.25, 0.3) is 5.57 Å². The molecule has 0 saturated carbocycles. The van der Waals surface area contributed by atoms with Gasteiger partial charge >= 0.3 is 0 Å². The highest BCUT2D eigenvalue weighted by Gasteiger charge is 2.26. The quantitative estimate of drug-likeness (QED) is 0.178. The highest BCUT2D eigenvalue weighted by Crippen LogP contribution is 2.43. The van der Waals surface area contributed by atoms with Crippen LogP contribution < -0.4 is 0 Å². The van der Waals surface area contributed by atoms with Crippen molar-refractivity contribution in [1.29, 1.82) is 0 Å². The number of imidazole rings is 1. The second-order valence-electron chi connectivity index (χ2n) is 9.41. The standard InChI is InChI=1S/C31H38N4/c1-4-18-35(20-12-6-11-19-34-21-17-32-24-34)26(3)33-23-28-22-31(27-13-7-5-8-14-27)30-16-10-9-15-29(30)25(28)2/h5,7-10,13-17,21,23-24,31H,2,4,6,11-12,18-20,22H2,1,3H3/b28-23-,33-26+. The Hall–Kier alpha value is -3.40. The number of aliphatic imine (C=N–C) groups is 1. The van der Waals surface area contributed by atoms with Crippen LogP contribution in [0.1, 0.15) is 68.6 Å². The molecule has 1 heterocycles. The van der Waals surface area contributed by atoms with Gasteiger partial charge in [-0.15, -0.1) is 0 Å². The van der Waals surface area contributed by atoms with Crippen LogP contribution >= 0.6 is 0 Å². The fourth-order valence-electron chi connectivity index (χ4n) is 4.97. The van der Waals surface area contributed by atoms with Crippen molar-refractivity contribution in [2.24, 2.45) is 4.99 Å². The fraction of sp³-hybridized carbons (Fsp3) is 0.355. The third kappa shape index (κ3) is 6.39. The predicted octanol–water partition coefficient (Wildman–Crippen LogP) is 7.32. The van der Waals surface area contributed by atoms with Gasteiger partial charge in [-0.2, -0.15) is 0 Å². The van der Waals surface area contributed by atoms with Crippen molar-refractivity contribution < 1.29 is 0 Å². The van der Waals surface area contributed by atoms with Gasteiger partial charge in [0.1, 0.15) is 5.84 Å². The van der Waals surface area contributed by atoms with Crippen molar-refractivity contribution in [3.63, 3.8) is 0 Å². The van der Waals surface area contributed by atoms with Gasteiger partial charge in [0, 0.05) is 44.1 Å². The maximum Gasteiger partial charge on any atom is 0.101 e. The van der Waals surface area contributed by atoms with E-state index in [0.29, 0.717) is 5.92 Å². The molecule has 0 N–H and O–H groups in total. The number of hydrogen-bond acceptors (Lipinski definition) is 2. The van der Waals surface area contributed by atoms with Crippen LogP contribution in [0.5, 0.6) is 0 Å². The number of unbranched alkanes of at least 4 members (excludes halogenated alkanes) is 2. The molecule has 4 heteroatoms. The van der Waals surface area contributed by atoms with E-state index in [1.807, 2.05) is 18.7 Å². The maximum absolute atomic E-state index is 4.97. The highest BCUT2D eigenvalue weighted by atomic mass is 15.2.